The van der Waals surface area contributed by atoms with Crippen LogP contribution < -0.4 is 20.3 Å². The molecule has 0 bridgehead atoms. The number of methoxy groups -OCH3 is 1. The van der Waals surface area contributed by atoms with Gasteiger partial charge in [-0.3, -0.25) is 19.5 Å². The van der Waals surface area contributed by atoms with Crippen LogP contribution in [0, 0.1) is 0 Å². The Bertz CT molecular complexity index is 1080. The molecule has 200 valence electrons. The van der Waals surface area contributed by atoms with E-state index in [1.165, 1.54) is 6.42 Å². The summed E-state index contributed by atoms with van der Waals surface area (Å²) in [4.78, 5) is 33.9. The highest BCUT2D eigenvalue weighted by Crippen LogP contribution is 2.33. The topological polar surface area (TPSA) is 104 Å². The minimum Gasteiger partial charge on any atom is -0.495 e. The van der Waals surface area contributed by atoms with Crippen LogP contribution in [-0.2, 0) is 15.0 Å². The second-order valence-electron chi connectivity index (χ2n) is 11.3. The van der Waals surface area contributed by atoms with E-state index in [1.807, 2.05) is 24.3 Å². The number of hydrogen-bond acceptors (Lipinski definition) is 6. The average molecular weight is 509 g/mol. The highest BCUT2D eigenvalue weighted by molar-refractivity contribution is 6.04. The highest BCUT2D eigenvalue weighted by atomic mass is 16.5. The smallest absolute Gasteiger partial charge is 0.248 e. The zero-order valence-electron chi connectivity index (χ0n) is 22.4. The second-order valence-corrected chi connectivity index (χ2v) is 11.3. The van der Waals surface area contributed by atoms with Crippen LogP contribution in [0.25, 0.3) is 0 Å². The standard InChI is InChI=1S/C29H40N4O4/c1-29(2,3)20-10-12-22(13-11-20)33(28(36)25-15-23(34)17-31-25)26(19-14-24(37-4)18-30-16-19)27(35)32-21-8-6-5-7-9-21/h10-14,16,18,21,23,25-26,31,34H,5-9,15,17H2,1-4H3,(H,32,35)/t23-,25-,26-/m1/s1. The lowest BCUT2D eigenvalue weighted by Crippen LogP contribution is -2.51. The maximum Gasteiger partial charge on any atom is 0.248 e. The van der Waals surface area contributed by atoms with Crippen molar-refractivity contribution >= 4 is 17.5 Å². The second kappa shape index (κ2) is 11.6. The van der Waals surface area contributed by atoms with Crippen molar-refractivity contribution in [3.8, 4) is 5.75 Å². The van der Waals surface area contributed by atoms with Crippen LogP contribution in [-0.4, -0.2) is 53.7 Å². The molecule has 2 heterocycles. The number of β-amino-alcohol motifs (C(OH)–C–C–N with tert-alkyl or cyclic N) is 1. The van der Waals surface area contributed by atoms with Crippen LogP contribution in [0.2, 0.25) is 0 Å². The molecule has 2 aliphatic rings. The first kappa shape index (κ1) is 27.1. The number of rotatable bonds is 7. The fourth-order valence-electron chi connectivity index (χ4n) is 5.24. The molecular weight excluding hydrogens is 468 g/mol. The third kappa shape index (κ3) is 6.48. The molecule has 0 spiro atoms. The Balaban J connectivity index is 1.78. The zero-order valence-corrected chi connectivity index (χ0v) is 22.4. The SMILES string of the molecule is COc1cncc([C@H](C(=O)NC2CCCCC2)N(C(=O)[C@H]2C[C@@H](O)CN2)c2ccc(C(C)(C)C)cc2)c1. The number of benzene rings is 1. The van der Waals surface area contributed by atoms with E-state index < -0.39 is 18.2 Å². The van der Waals surface area contributed by atoms with Crippen molar-refractivity contribution in [3.05, 3.63) is 53.9 Å². The summed E-state index contributed by atoms with van der Waals surface area (Å²) in [6.07, 6.45) is 8.09. The van der Waals surface area contributed by atoms with Gasteiger partial charge in [0.1, 0.15) is 11.8 Å². The van der Waals surface area contributed by atoms with Gasteiger partial charge in [0.2, 0.25) is 11.8 Å². The number of aliphatic hydroxyl groups excluding tert-OH is 1. The van der Waals surface area contributed by atoms with Gasteiger partial charge in [-0.1, -0.05) is 52.2 Å². The number of carbonyl (C=O) groups excluding carboxylic acids is 2. The molecule has 37 heavy (non-hydrogen) atoms. The molecule has 2 amide bonds. The Labute approximate surface area is 219 Å². The molecule has 4 rings (SSSR count). The summed E-state index contributed by atoms with van der Waals surface area (Å²) >= 11 is 0. The number of nitrogens with zero attached hydrogens (tertiary/aromatic N) is 2. The van der Waals surface area contributed by atoms with Gasteiger partial charge in [0.15, 0.2) is 0 Å². The predicted octanol–water partition coefficient (Wildman–Crippen LogP) is 3.63. The van der Waals surface area contributed by atoms with Crippen molar-refractivity contribution in [2.75, 3.05) is 18.6 Å². The largest absolute Gasteiger partial charge is 0.495 e. The molecule has 1 aromatic carbocycles. The average Bonchev–Trinajstić information content (AvgIpc) is 3.33. The van der Waals surface area contributed by atoms with E-state index in [0.29, 0.717) is 30.0 Å². The lowest BCUT2D eigenvalue weighted by atomic mass is 9.87. The zero-order chi connectivity index (χ0) is 26.6. The number of aliphatic hydroxyl groups is 1. The van der Waals surface area contributed by atoms with Crippen LogP contribution in [0.5, 0.6) is 5.75 Å². The fraction of sp³-hybridized carbons (Fsp3) is 0.552. The first-order valence-electron chi connectivity index (χ1n) is 13.3. The van der Waals surface area contributed by atoms with Crippen molar-refractivity contribution in [1.29, 1.82) is 0 Å². The summed E-state index contributed by atoms with van der Waals surface area (Å²) in [7, 11) is 1.55. The Kier molecular flexibility index (Phi) is 8.49. The van der Waals surface area contributed by atoms with E-state index in [-0.39, 0.29) is 23.3 Å². The molecule has 3 atom stereocenters. The molecule has 1 saturated heterocycles. The van der Waals surface area contributed by atoms with E-state index in [2.05, 4.69) is 36.4 Å². The van der Waals surface area contributed by atoms with Gasteiger partial charge in [-0.05, 0) is 48.4 Å². The first-order valence-corrected chi connectivity index (χ1v) is 13.3. The normalized spacial score (nSPS) is 21.3. The molecule has 3 N–H and O–H groups in total. The van der Waals surface area contributed by atoms with E-state index in [0.717, 1.165) is 31.2 Å². The monoisotopic (exact) mass is 508 g/mol. The number of aromatic nitrogens is 1. The van der Waals surface area contributed by atoms with E-state index in [9.17, 15) is 14.7 Å². The quantitative estimate of drug-likeness (QED) is 0.528. The number of anilines is 1. The van der Waals surface area contributed by atoms with Crippen LogP contribution in [0.3, 0.4) is 0 Å². The molecule has 1 aromatic heterocycles. The van der Waals surface area contributed by atoms with Gasteiger partial charge in [-0.25, -0.2) is 0 Å². The lowest BCUT2D eigenvalue weighted by molar-refractivity contribution is -0.128. The van der Waals surface area contributed by atoms with Gasteiger partial charge in [0.05, 0.1) is 25.5 Å². The molecule has 8 nitrogen and oxygen atoms in total. The Morgan fingerprint density at radius 2 is 1.84 bits per heavy atom. The van der Waals surface area contributed by atoms with Crippen molar-refractivity contribution < 1.29 is 19.4 Å². The first-order chi connectivity index (χ1) is 17.7. The van der Waals surface area contributed by atoms with Crippen molar-refractivity contribution in [2.24, 2.45) is 0 Å². The molecule has 2 fully saturated rings. The van der Waals surface area contributed by atoms with Crippen LogP contribution in [0.4, 0.5) is 5.69 Å². The molecule has 1 aliphatic heterocycles. The number of pyridine rings is 1. The van der Waals surface area contributed by atoms with E-state index >= 15 is 0 Å². The number of amides is 2. The van der Waals surface area contributed by atoms with Gasteiger partial charge in [0.25, 0.3) is 0 Å². The lowest BCUT2D eigenvalue weighted by Gasteiger charge is -2.35. The summed E-state index contributed by atoms with van der Waals surface area (Å²) in [5, 5.41) is 16.5. The van der Waals surface area contributed by atoms with Gasteiger partial charge >= 0.3 is 0 Å². The number of carbonyl (C=O) groups is 2. The number of ether oxygens (including phenoxy) is 1. The molecule has 2 aromatic rings. The summed E-state index contributed by atoms with van der Waals surface area (Å²) in [5.41, 5.74) is 2.26. The molecule has 8 heteroatoms. The van der Waals surface area contributed by atoms with Gasteiger partial charge in [0, 0.05) is 30.0 Å². The Hall–Kier alpha value is -2.97. The summed E-state index contributed by atoms with van der Waals surface area (Å²) in [5.74, 6) is 0.0123. The fourth-order valence-corrected chi connectivity index (χ4v) is 5.24. The van der Waals surface area contributed by atoms with Gasteiger partial charge in [-0.2, -0.15) is 0 Å². The van der Waals surface area contributed by atoms with Crippen LogP contribution in [0.1, 0.15) is 76.5 Å². The maximum atomic E-state index is 14.1. The predicted molar refractivity (Wildman–Crippen MR) is 144 cm³/mol. The molecule has 1 aliphatic carbocycles. The van der Waals surface area contributed by atoms with Crippen LogP contribution >= 0.6 is 0 Å². The van der Waals surface area contributed by atoms with Gasteiger partial charge < -0.3 is 20.5 Å². The van der Waals surface area contributed by atoms with Crippen molar-refractivity contribution in [3.63, 3.8) is 0 Å². The summed E-state index contributed by atoms with van der Waals surface area (Å²) < 4.78 is 5.40. The minimum atomic E-state index is -0.947. The molecular formula is C29H40N4O4. The minimum absolute atomic E-state index is 0.0566. The highest BCUT2D eigenvalue weighted by Gasteiger charge is 2.39. The number of nitrogens with one attached hydrogen (secondary N) is 2. The summed E-state index contributed by atoms with van der Waals surface area (Å²) in [6, 6.07) is 8.11. The van der Waals surface area contributed by atoms with Gasteiger partial charge in [-0.15, -0.1) is 0 Å². The third-order valence-electron chi connectivity index (χ3n) is 7.40. The Morgan fingerprint density at radius 3 is 2.43 bits per heavy atom. The molecule has 0 unspecified atom stereocenters. The van der Waals surface area contributed by atoms with Crippen molar-refractivity contribution in [1.82, 2.24) is 15.6 Å². The molecule has 0 radical (unpaired) electrons. The van der Waals surface area contributed by atoms with Crippen LogP contribution in [0.15, 0.2) is 42.7 Å². The Morgan fingerprint density at radius 1 is 1.14 bits per heavy atom. The third-order valence-corrected chi connectivity index (χ3v) is 7.40. The summed E-state index contributed by atoms with van der Waals surface area (Å²) in [6.45, 7) is 6.75. The van der Waals surface area contributed by atoms with E-state index in [4.69, 9.17) is 4.74 Å². The molecule has 1 saturated carbocycles. The van der Waals surface area contributed by atoms with E-state index in [1.54, 1.807) is 30.5 Å². The maximum absolute atomic E-state index is 14.1. The van der Waals surface area contributed by atoms with Crippen molar-refractivity contribution in [2.45, 2.75) is 88.9 Å². The number of hydrogen-bond donors (Lipinski definition) is 3.